The van der Waals surface area contributed by atoms with Gasteiger partial charge in [-0.05, 0) is 44.1 Å². The van der Waals surface area contributed by atoms with E-state index in [1.54, 1.807) is 0 Å². The summed E-state index contributed by atoms with van der Waals surface area (Å²) in [4.78, 5) is 14.4. The van der Waals surface area contributed by atoms with Gasteiger partial charge in [0.25, 0.3) is 0 Å². The Morgan fingerprint density at radius 3 is 2.89 bits per heavy atom. The fraction of sp³-hybridized carbons (Fsp3) is 0.933. The zero-order chi connectivity index (χ0) is 13.4. The number of piperidine rings is 1. The summed E-state index contributed by atoms with van der Waals surface area (Å²) in [6.07, 6.45) is 4.94. The molecule has 5 atom stereocenters. The number of amides is 1. The predicted molar refractivity (Wildman–Crippen MR) is 73.6 cm³/mol. The van der Waals surface area contributed by atoms with E-state index in [1.807, 2.05) is 4.90 Å². The number of carbonyl (C=O) groups is 1. The van der Waals surface area contributed by atoms with Gasteiger partial charge in [0.15, 0.2) is 0 Å². The lowest BCUT2D eigenvalue weighted by atomic mass is 9.90. The first-order valence-corrected chi connectivity index (χ1v) is 7.84. The predicted octanol–water partition coefficient (Wildman–Crippen LogP) is 0.994. The number of nitrogens with one attached hydrogen (secondary N) is 1. The number of fused-ring (bicyclic) bond motifs is 1. The Labute approximate surface area is 115 Å². The summed E-state index contributed by atoms with van der Waals surface area (Å²) in [5.41, 5.74) is 0. The summed E-state index contributed by atoms with van der Waals surface area (Å²) >= 11 is 0. The van der Waals surface area contributed by atoms with E-state index in [-0.39, 0.29) is 12.0 Å². The normalized spacial score (nSPS) is 42.4. The van der Waals surface area contributed by atoms with Crippen molar-refractivity contribution in [2.75, 3.05) is 19.6 Å². The summed E-state index contributed by atoms with van der Waals surface area (Å²) in [6.45, 7) is 4.95. The first-order chi connectivity index (χ1) is 9.15. The number of hydrogen-bond donors (Lipinski definition) is 2. The molecule has 1 saturated carbocycles. The number of hydrogen-bond acceptors (Lipinski definition) is 3. The number of rotatable bonds is 2. The number of carbonyl (C=O) groups excluding carboxylic acids is 1. The minimum atomic E-state index is -0.172. The van der Waals surface area contributed by atoms with Crippen LogP contribution in [0.1, 0.15) is 39.0 Å². The van der Waals surface area contributed by atoms with E-state index in [0.29, 0.717) is 30.2 Å². The molecule has 2 heterocycles. The first-order valence-electron chi connectivity index (χ1n) is 7.84. The van der Waals surface area contributed by atoms with Crippen LogP contribution >= 0.6 is 0 Å². The van der Waals surface area contributed by atoms with Crippen LogP contribution in [0, 0.1) is 17.8 Å². The van der Waals surface area contributed by atoms with Crippen LogP contribution in [0.25, 0.3) is 0 Å². The number of likely N-dealkylation sites (tertiary alicyclic amines) is 1. The van der Waals surface area contributed by atoms with Crippen molar-refractivity contribution in [1.29, 1.82) is 0 Å². The van der Waals surface area contributed by atoms with Gasteiger partial charge in [-0.25, -0.2) is 0 Å². The van der Waals surface area contributed by atoms with E-state index >= 15 is 0 Å². The van der Waals surface area contributed by atoms with Gasteiger partial charge in [0, 0.05) is 31.5 Å². The molecule has 0 aromatic heterocycles. The van der Waals surface area contributed by atoms with E-state index in [2.05, 4.69) is 12.2 Å². The van der Waals surface area contributed by atoms with E-state index in [1.165, 1.54) is 12.8 Å². The SMILES string of the molecule is CC1CCCNC1CC(=O)N1CC2CCC(O)C2C1. The quantitative estimate of drug-likeness (QED) is 0.784. The van der Waals surface area contributed by atoms with Crippen molar-refractivity contribution >= 4 is 5.91 Å². The van der Waals surface area contributed by atoms with Gasteiger partial charge in [0.2, 0.25) is 5.91 Å². The molecule has 2 aliphatic heterocycles. The maximum atomic E-state index is 12.4. The van der Waals surface area contributed by atoms with Crippen LogP contribution in [0.15, 0.2) is 0 Å². The topological polar surface area (TPSA) is 52.6 Å². The van der Waals surface area contributed by atoms with Gasteiger partial charge in [-0.3, -0.25) is 4.79 Å². The Hall–Kier alpha value is -0.610. The number of nitrogens with zero attached hydrogens (tertiary/aromatic N) is 1. The minimum absolute atomic E-state index is 0.172. The maximum absolute atomic E-state index is 12.4. The molecule has 0 aromatic rings. The molecule has 4 nitrogen and oxygen atoms in total. The highest BCUT2D eigenvalue weighted by Crippen LogP contribution is 2.38. The third-order valence-corrected chi connectivity index (χ3v) is 5.50. The molecule has 1 aliphatic carbocycles. The van der Waals surface area contributed by atoms with Crippen LogP contribution in [0.4, 0.5) is 0 Å². The highest BCUT2D eigenvalue weighted by Gasteiger charge is 2.43. The molecule has 108 valence electrons. The molecule has 3 aliphatic rings. The second-order valence-electron chi connectivity index (χ2n) is 6.75. The summed E-state index contributed by atoms with van der Waals surface area (Å²) in [5, 5.41) is 13.4. The van der Waals surface area contributed by atoms with Crippen LogP contribution in [-0.2, 0) is 4.79 Å². The van der Waals surface area contributed by atoms with Crippen molar-refractivity contribution in [3.05, 3.63) is 0 Å². The van der Waals surface area contributed by atoms with E-state index in [9.17, 15) is 9.90 Å². The molecule has 0 bridgehead atoms. The fourth-order valence-corrected chi connectivity index (χ4v) is 4.14. The van der Waals surface area contributed by atoms with Gasteiger partial charge in [-0.15, -0.1) is 0 Å². The molecule has 2 saturated heterocycles. The lowest BCUT2D eigenvalue weighted by Gasteiger charge is -2.31. The van der Waals surface area contributed by atoms with Crippen molar-refractivity contribution < 1.29 is 9.90 Å². The van der Waals surface area contributed by atoms with Crippen LogP contribution in [0.3, 0.4) is 0 Å². The monoisotopic (exact) mass is 266 g/mol. The highest BCUT2D eigenvalue weighted by atomic mass is 16.3. The zero-order valence-electron chi connectivity index (χ0n) is 11.8. The highest BCUT2D eigenvalue weighted by molar-refractivity contribution is 5.77. The molecular formula is C15H26N2O2. The van der Waals surface area contributed by atoms with E-state index in [0.717, 1.165) is 32.5 Å². The average molecular weight is 266 g/mol. The van der Waals surface area contributed by atoms with Crippen LogP contribution in [-0.4, -0.2) is 47.7 Å². The second-order valence-corrected chi connectivity index (χ2v) is 6.75. The van der Waals surface area contributed by atoms with E-state index < -0.39 is 0 Å². The fourth-order valence-electron chi connectivity index (χ4n) is 4.14. The van der Waals surface area contributed by atoms with Crippen molar-refractivity contribution in [1.82, 2.24) is 10.2 Å². The van der Waals surface area contributed by atoms with Gasteiger partial charge in [-0.2, -0.15) is 0 Å². The number of aliphatic hydroxyl groups is 1. The molecule has 19 heavy (non-hydrogen) atoms. The lowest BCUT2D eigenvalue weighted by Crippen LogP contribution is -2.44. The molecule has 1 amide bonds. The molecule has 3 fully saturated rings. The van der Waals surface area contributed by atoms with Gasteiger partial charge in [0.1, 0.15) is 0 Å². The Morgan fingerprint density at radius 2 is 2.16 bits per heavy atom. The smallest absolute Gasteiger partial charge is 0.224 e. The lowest BCUT2D eigenvalue weighted by molar-refractivity contribution is -0.131. The molecule has 3 rings (SSSR count). The standard InChI is InChI=1S/C15H26N2O2/c1-10-3-2-6-16-13(10)7-15(19)17-8-11-4-5-14(18)12(11)9-17/h10-14,16,18H,2-9H2,1H3. The van der Waals surface area contributed by atoms with Crippen molar-refractivity contribution in [2.24, 2.45) is 17.8 Å². The Morgan fingerprint density at radius 1 is 1.32 bits per heavy atom. The zero-order valence-corrected chi connectivity index (χ0v) is 11.8. The largest absolute Gasteiger partial charge is 0.393 e. The average Bonchev–Trinajstić information content (AvgIpc) is 2.95. The van der Waals surface area contributed by atoms with Crippen LogP contribution in [0.5, 0.6) is 0 Å². The van der Waals surface area contributed by atoms with Gasteiger partial charge in [0.05, 0.1) is 6.10 Å². The Balaban J connectivity index is 1.54. The molecule has 4 heteroatoms. The van der Waals surface area contributed by atoms with Crippen molar-refractivity contribution in [2.45, 2.75) is 51.2 Å². The van der Waals surface area contributed by atoms with Gasteiger partial charge >= 0.3 is 0 Å². The summed E-state index contributed by atoms with van der Waals surface area (Å²) < 4.78 is 0. The third kappa shape index (κ3) is 2.65. The Kier molecular flexibility index (Phi) is 3.81. The van der Waals surface area contributed by atoms with Gasteiger partial charge < -0.3 is 15.3 Å². The van der Waals surface area contributed by atoms with Crippen LogP contribution < -0.4 is 5.32 Å². The minimum Gasteiger partial charge on any atom is -0.393 e. The molecular weight excluding hydrogens is 240 g/mol. The van der Waals surface area contributed by atoms with Gasteiger partial charge in [-0.1, -0.05) is 6.92 Å². The molecule has 0 spiro atoms. The maximum Gasteiger partial charge on any atom is 0.224 e. The Bertz CT molecular complexity index is 347. The molecule has 5 unspecified atom stereocenters. The van der Waals surface area contributed by atoms with Crippen molar-refractivity contribution in [3.8, 4) is 0 Å². The summed E-state index contributed by atoms with van der Waals surface area (Å²) in [6, 6.07) is 0.353. The molecule has 2 N–H and O–H groups in total. The second kappa shape index (κ2) is 5.41. The summed E-state index contributed by atoms with van der Waals surface area (Å²) in [5.74, 6) is 1.79. The third-order valence-electron chi connectivity index (χ3n) is 5.50. The summed E-state index contributed by atoms with van der Waals surface area (Å²) in [7, 11) is 0. The number of aliphatic hydroxyl groups excluding tert-OH is 1. The molecule has 0 radical (unpaired) electrons. The van der Waals surface area contributed by atoms with Crippen molar-refractivity contribution in [3.63, 3.8) is 0 Å². The van der Waals surface area contributed by atoms with E-state index in [4.69, 9.17) is 0 Å². The van der Waals surface area contributed by atoms with Crippen LogP contribution in [0.2, 0.25) is 0 Å². The first kappa shape index (κ1) is 13.4. The molecule has 0 aromatic carbocycles.